The molecule has 2 aliphatic rings. The van der Waals surface area contributed by atoms with Crippen LogP contribution in [0, 0.1) is 0 Å². The predicted molar refractivity (Wildman–Crippen MR) is 111 cm³/mol. The van der Waals surface area contributed by atoms with Gasteiger partial charge in [-0.3, -0.25) is 9.69 Å². The predicted octanol–water partition coefficient (Wildman–Crippen LogP) is 4.01. The summed E-state index contributed by atoms with van der Waals surface area (Å²) >= 11 is 0. The van der Waals surface area contributed by atoms with Crippen LogP contribution in [0.4, 0.5) is 10.5 Å². The van der Waals surface area contributed by atoms with E-state index in [0.29, 0.717) is 24.6 Å². The summed E-state index contributed by atoms with van der Waals surface area (Å²) in [5.74, 6) is 0.660. The number of amides is 3. The fourth-order valence-electron chi connectivity index (χ4n) is 4.39. The van der Waals surface area contributed by atoms with E-state index >= 15 is 0 Å². The summed E-state index contributed by atoms with van der Waals surface area (Å²) in [7, 11) is 1.91. The summed E-state index contributed by atoms with van der Waals surface area (Å²) in [5, 5.41) is 2.79. The van der Waals surface area contributed by atoms with Crippen molar-refractivity contribution in [1.82, 2.24) is 10.2 Å². The first kappa shape index (κ1) is 18.5. The average Bonchev–Trinajstić information content (AvgIpc) is 3.19. The van der Waals surface area contributed by atoms with Gasteiger partial charge in [0.05, 0.1) is 0 Å². The van der Waals surface area contributed by atoms with Gasteiger partial charge in [0.2, 0.25) is 0 Å². The van der Waals surface area contributed by atoms with Crippen LogP contribution in [-0.4, -0.2) is 43.0 Å². The van der Waals surface area contributed by atoms with Gasteiger partial charge in [0.25, 0.3) is 5.91 Å². The fraction of sp³-hybridized carbons (Fsp3) is 0.391. The normalized spacial score (nSPS) is 22.0. The maximum atomic E-state index is 12.9. The Kier molecular flexibility index (Phi) is 5.33. The molecule has 1 saturated heterocycles. The molecule has 5 heteroatoms. The van der Waals surface area contributed by atoms with Crippen molar-refractivity contribution >= 4 is 17.6 Å². The number of anilines is 1. The summed E-state index contributed by atoms with van der Waals surface area (Å²) < 4.78 is 0. The molecule has 2 aromatic rings. The molecule has 0 radical (unpaired) electrons. The van der Waals surface area contributed by atoms with Crippen molar-refractivity contribution in [1.29, 1.82) is 0 Å². The van der Waals surface area contributed by atoms with Crippen LogP contribution in [0.5, 0.6) is 0 Å². The molecule has 146 valence electrons. The smallest absolute Gasteiger partial charge is 0.321 e. The molecule has 0 spiro atoms. The Labute approximate surface area is 166 Å². The van der Waals surface area contributed by atoms with E-state index in [-0.39, 0.29) is 18.0 Å². The molecule has 0 unspecified atom stereocenters. The highest BCUT2D eigenvalue weighted by atomic mass is 16.2. The number of benzene rings is 2. The molecular formula is C23H27N3O2. The molecular weight excluding hydrogens is 350 g/mol. The van der Waals surface area contributed by atoms with Gasteiger partial charge in [-0.05, 0) is 61.4 Å². The van der Waals surface area contributed by atoms with E-state index in [1.165, 1.54) is 5.56 Å². The van der Waals surface area contributed by atoms with E-state index < -0.39 is 0 Å². The molecule has 5 nitrogen and oxygen atoms in total. The van der Waals surface area contributed by atoms with E-state index in [4.69, 9.17) is 0 Å². The Balaban J connectivity index is 1.36. The number of carbonyl (C=O) groups is 2. The fourth-order valence-corrected chi connectivity index (χ4v) is 4.39. The van der Waals surface area contributed by atoms with Gasteiger partial charge in [-0.25, -0.2) is 4.79 Å². The van der Waals surface area contributed by atoms with Crippen molar-refractivity contribution in [3.05, 3.63) is 65.7 Å². The van der Waals surface area contributed by atoms with Gasteiger partial charge in [0, 0.05) is 37.4 Å². The van der Waals surface area contributed by atoms with Crippen molar-refractivity contribution in [3.63, 3.8) is 0 Å². The minimum absolute atomic E-state index is 0.0561. The molecule has 1 aliphatic heterocycles. The summed E-state index contributed by atoms with van der Waals surface area (Å²) in [4.78, 5) is 28.3. The van der Waals surface area contributed by atoms with E-state index in [1.54, 1.807) is 4.90 Å². The van der Waals surface area contributed by atoms with Gasteiger partial charge < -0.3 is 10.2 Å². The Morgan fingerprint density at radius 1 is 1.00 bits per heavy atom. The molecule has 0 atom stereocenters. The van der Waals surface area contributed by atoms with Crippen LogP contribution in [0.2, 0.25) is 0 Å². The van der Waals surface area contributed by atoms with Crippen LogP contribution in [0.1, 0.15) is 47.5 Å². The quantitative estimate of drug-likeness (QED) is 0.875. The third-order valence-corrected chi connectivity index (χ3v) is 6.12. The number of rotatable bonds is 4. The molecule has 3 amide bonds. The van der Waals surface area contributed by atoms with Gasteiger partial charge in [0.15, 0.2) is 0 Å². The Bertz CT molecular complexity index is 827. The Morgan fingerprint density at radius 2 is 1.68 bits per heavy atom. The second-order valence-electron chi connectivity index (χ2n) is 7.76. The molecule has 1 N–H and O–H groups in total. The van der Waals surface area contributed by atoms with Crippen LogP contribution >= 0.6 is 0 Å². The van der Waals surface area contributed by atoms with Gasteiger partial charge in [0.1, 0.15) is 0 Å². The summed E-state index contributed by atoms with van der Waals surface area (Å²) in [6.45, 7) is 1.32. The summed E-state index contributed by atoms with van der Waals surface area (Å²) in [6.07, 6.45) is 4.31. The van der Waals surface area contributed by atoms with Crippen molar-refractivity contribution in [2.24, 2.45) is 0 Å². The van der Waals surface area contributed by atoms with Crippen LogP contribution in [0.25, 0.3) is 0 Å². The van der Waals surface area contributed by atoms with Crippen molar-refractivity contribution in [2.45, 2.75) is 37.6 Å². The lowest BCUT2D eigenvalue weighted by atomic mass is 9.81. The topological polar surface area (TPSA) is 52.7 Å². The van der Waals surface area contributed by atoms with E-state index in [2.05, 4.69) is 35.6 Å². The lowest BCUT2D eigenvalue weighted by molar-refractivity contribution is 0.0689. The van der Waals surface area contributed by atoms with Crippen LogP contribution in [0.15, 0.2) is 54.6 Å². The summed E-state index contributed by atoms with van der Waals surface area (Å²) in [6, 6.07) is 18.3. The van der Waals surface area contributed by atoms with Gasteiger partial charge >= 0.3 is 6.03 Å². The lowest BCUT2D eigenvalue weighted by Gasteiger charge is -2.35. The summed E-state index contributed by atoms with van der Waals surface area (Å²) in [5.41, 5.74) is 2.92. The molecule has 2 fully saturated rings. The minimum atomic E-state index is -0.0774. The minimum Gasteiger partial charge on any atom is -0.339 e. The molecule has 28 heavy (non-hydrogen) atoms. The van der Waals surface area contributed by atoms with Crippen LogP contribution < -0.4 is 10.2 Å². The number of hydrogen-bond donors (Lipinski definition) is 1. The standard InChI is InChI=1S/C23H27N3O2/c1-25(20-11-7-18(8-12-20)17-5-3-2-4-6-17)22(27)19-9-13-21(14-10-19)26-16-15-24-23(26)28/h2-6,9-10,13-14,18,20H,7-8,11-12,15-16H2,1H3,(H,24,28). The molecule has 1 aliphatic carbocycles. The van der Waals surface area contributed by atoms with Crippen LogP contribution in [-0.2, 0) is 0 Å². The van der Waals surface area contributed by atoms with Gasteiger partial charge in [-0.15, -0.1) is 0 Å². The van der Waals surface area contributed by atoms with E-state index in [1.807, 2.05) is 36.2 Å². The number of carbonyl (C=O) groups excluding carboxylic acids is 2. The monoisotopic (exact) mass is 377 g/mol. The number of nitrogens with one attached hydrogen (secondary N) is 1. The molecule has 1 heterocycles. The van der Waals surface area contributed by atoms with Crippen molar-refractivity contribution < 1.29 is 9.59 Å². The van der Waals surface area contributed by atoms with E-state index in [9.17, 15) is 9.59 Å². The van der Waals surface area contributed by atoms with Crippen molar-refractivity contribution in [3.8, 4) is 0 Å². The number of hydrogen-bond acceptors (Lipinski definition) is 2. The number of urea groups is 1. The second kappa shape index (κ2) is 8.05. The molecule has 0 bridgehead atoms. The molecule has 2 aromatic carbocycles. The van der Waals surface area contributed by atoms with Crippen molar-refractivity contribution in [2.75, 3.05) is 25.0 Å². The second-order valence-corrected chi connectivity index (χ2v) is 7.76. The highest BCUT2D eigenvalue weighted by Gasteiger charge is 2.28. The van der Waals surface area contributed by atoms with Gasteiger partial charge in [-0.1, -0.05) is 30.3 Å². The Morgan fingerprint density at radius 3 is 2.29 bits per heavy atom. The SMILES string of the molecule is CN(C(=O)c1ccc(N2CCNC2=O)cc1)C1CCC(c2ccccc2)CC1. The first-order chi connectivity index (χ1) is 13.6. The van der Waals surface area contributed by atoms with E-state index in [0.717, 1.165) is 31.4 Å². The third-order valence-electron chi connectivity index (χ3n) is 6.12. The highest BCUT2D eigenvalue weighted by molar-refractivity contribution is 5.97. The first-order valence-corrected chi connectivity index (χ1v) is 10.1. The zero-order chi connectivity index (χ0) is 19.5. The van der Waals surface area contributed by atoms with Crippen LogP contribution in [0.3, 0.4) is 0 Å². The lowest BCUT2D eigenvalue weighted by Crippen LogP contribution is -2.39. The first-order valence-electron chi connectivity index (χ1n) is 10.1. The maximum Gasteiger partial charge on any atom is 0.321 e. The molecule has 0 aromatic heterocycles. The molecule has 1 saturated carbocycles. The maximum absolute atomic E-state index is 12.9. The third kappa shape index (κ3) is 3.75. The average molecular weight is 377 g/mol. The number of nitrogens with zero attached hydrogens (tertiary/aromatic N) is 2. The largest absolute Gasteiger partial charge is 0.339 e. The Hall–Kier alpha value is -2.82. The van der Waals surface area contributed by atoms with Gasteiger partial charge in [-0.2, -0.15) is 0 Å². The highest BCUT2D eigenvalue weighted by Crippen LogP contribution is 2.34. The zero-order valence-electron chi connectivity index (χ0n) is 16.3. The zero-order valence-corrected chi connectivity index (χ0v) is 16.3. The molecule has 4 rings (SSSR count).